The quantitative estimate of drug-likeness (QED) is 0.549. The smallest absolute Gasteiger partial charge is 0.466 e. The van der Waals surface area contributed by atoms with E-state index in [9.17, 15) is 4.79 Å². The van der Waals surface area contributed by atoms with E-state index in [1.165, 1.54) is 16.7 Å². The lowest BCUT2D eigenvalue weighted by Gasteiger charge is -2.26. The highest BCUT2D eigenvalue weighted by molar-refractivity contribution is 8.08. The minimum Gasteiger partial charge on any atom is -1.00 e. The minimum absolute atomic E-state index is 0. The fraction of sp³-hybridized carbons (Fsp3) is 0.208. The van der Waals surface area contributed by atoms with Crippen LogP contribution in [0.2, 0.25) is 0 Å². The van der Waals surface area contributed by atoms with Gasteiger partial charge in [0.1, 0.15) is 15.9 Å². The van der Waals surface area contributed by atoms with E-state index in [0.717, 1.165) is 15.9 Å². The molecule has 0 amide bonds. The van der Waals surface area contributed by atoms with E-state index in [2.05, 4.69) is 57.2 Å². The minimum atomic E-state index is -2.61. The first-order chi connectivity index (χ1) is 13.0. The number of halogens is 1. The van der Waals surface area contributed by atoms with Gasteiger partial charge in [0.25, 0.3) is 0 Å². The van der Waals surface area contributed by atoms with Crippen LogP contribution in [0.3, 0.4) is 0 Å². The molecule has 2 nitrogen and oxygen atoms in total. The summed E-state index contributed by atoms with van der Waals surface area (Å²) in [6.45, 7) is 8.60. The molecule has 0 aliphatic carbocycles. The Kier molecular flexibility index (Phi) is 7.57. The Hall–Kier alpha value is -1.96. The van der Waals surface area contributed by atoms with Crippen molar-refractivity contribution in [3.63, 3.8) is 0 Å². The van der Waals surface area contributed by atoms with Crippen LogP contribution < -0.4 is 32.9 Å². The van der Waals surface area contributed by atoms with Crippen molar-refractivity contribution in [2.45, 2.75) is 27.7 Å². The number of carbonyl (C=O) groups excluding carboxylic acids is 1. The van der Waals surface area contributed by atoms with Crippen molar-refractivity contribution >= 4 is 28.9 Å². The van der Waals surface area contributed by atoms with Crippen LogP contribution in [-0.2, 0) is 4.74 Å². The summed E-state index contributed by atoms with van der Waals surface area (Å²) in [7, 11) is -2.61. The summed E-state index contributed by atoms with van der Waals surface area (Å²) >= 11 is 0. The fourth-order valence-corrected chi connectivity index (χ4v) is 7.57. The zero-order valence-electron chi connectivity index (χ0n) is 16.8. The summed E-state index contributed by atoms with van der Waals surface area (Å²) in [4.78, 5) is 13.6. The first-order valence-electron chi connectivity index (χ1n) is 9.28. The third-order valence-corrected chi connectivity index (χ3v) is 9.25. The van der Waals surface area contributed by atoms with E-state index in [1.54, 1.807) is 0 Å². The molecule has 0 saturated heterocycles. The maximum absolute atomic E-state index is 13.6. The topological polar surface area (TPSA) is 26.3 Å². The molecule has 3 aromatic rings. The monoisotopic (exact) mass is 456 g/mol. The lowest BCUT2D eigenvalue weighted by molar-refractivity contribution is -0.0000103. The van der Waals surface area contributed by atoms with Crippen molar-refractivity contribution in [1.82, 2.24) is 0 Å². The summed E-state index contributed by atoms with van der Waals surface area (Å²) in [6.07, 6.45) is 0. The van der Waals surface area contributed by atoms with Gasteiger partial charge in [-0.05, 0) is 74.7 Å². The SMILES string of the molecule is CCOC(=O)[P+](c1ccccc1)(c1ccccc1)c1ccc(C)c(C)c1C.[Br-]. The number of benzene rings is 3. The maximum atomic E-state index is 13.6. The number of hydrogen-bond donors (Lipinski definition) is 0. The molecule has 146 valence electrons. The average Bonchev–Trinajstić information content (AvgIpc) is 2.70. The van der Waals surface area contributed by atoms with E-state index in [0.29, 0.717) is 6.61 Å². The molecule has 3 aromatic carbocycles. The highest BCUT2D eigenvalue weighted by atomic mass is 79.9. The van der Waals surface area contributed by atoms with Gasteiger partial charge in [0, 0.05) is 0 Å². The molecular weight excluding hydrogens is 431 g/mol. The molecule has 0 spiro atoms. The predicted octanol–water partition coefficient (Wildman–Crippen LogP) is 2.07. The van der Waals surface area contributed by atoms with Crippen molar-refractivity contribution in [3.05, 3.63) is 89.5 Å². The van der Waals surface area contributed by atoms with Crippen LogP contribution in [0.4, 0.5) is 4.79 Å². The molecule has 0 aliphatic rings. The Labute approximate surface area is 179 Å². The number of ether oxygens (including phenoxy) is 1. The standard InChI is InChI=1S/C24H26O2P.BrH/c1-5-26-24(25)27(21-12-8-6-9-13-21,22-14-10-7-11-15-22)23-17-16-18(2)19(3)20(23)4;/h6-17H,5H2,1-4H3;1H/q+1;/p-1. The van der Waals surface area contributed by atoms with Gasteiger partial charge in [-0.1, -0.05) is 42.5 Å². The molecule has 0 aliphatic heterocycles. The molecule has 3 rings (SSSR count). The van der Waals surface area contributed by atoms with E-state index in [1.807, 2.05) is 43.3 Å². The Morgan fingerprint density at radius 2 is 1.29 bits per heavy atom. The van der Waals surface area contributed by atoms with Gasteiger partial charge < -0.3 is 21.7 Å². The van der Waals surface area contributed by atoms with Crippen LogP contribution in [-0.4, -0.2) is 12.3 Å². The summed E-state index contributed by atoms with van der Waals surface area (Å²) < 4.78 is 5.71. The molecule has 0 heterocycles. The molecule has 4 heteroatoms. The average molecular weight is 457 g/mol. The third kappa shape index (κ3) is 3.79. The van der Waals surface area contributed by atoms with Gasteiger partial charge in [0.15, 0.2) is 0 Å². The lowest BCUT2D eigenvalue weighted by atomic mass is 10.1. The molecule has 0 fully saturated rings. The number of carbonyl (C=O) groups is 1. The van der Waals surface area contributed by atoms with Gasteiger partial charge in [-0.25, -0.2) is 4.79 Å². The van der Waals surface area contributed by atoms with Crippen molar-refractivity contribution < 1.29 is 26.5 Å². The molecule has 0 atom stereocenters. The van der Waals surface area contributed by atoms with Gasteiger partial charge in [-0.3, -0.25) is 0 Å². The maximum Gasteiger partial charge on any atom is 0.466 e. The lowest BCUT2D eigenvalue weighted by Crippen LogP contribution is -3.00. The van der Waals surface area contributed by atoms with Crippen molar-refractivity contribution in [2.24, 2.45) is 0 Å². The second-order valence-corrected chi connectivity index (χ2v) is 9.91. The van der Waals surface area contributed by atoms with Crippen molar-refractivity contribution in [3.8, 4) is 0 Å². The number of hydrogen-bond acceptors (Lipinski definition) is 2. The van der Waals surface area contributed by atoms with Gasteiger partial charge >= 0.3 is 5.71 Å². The largest absolute Gasteiger partial charge is 1.00 e. The van der Waals surface area contributed by atoms with Gasteiger partial charge in [-0.2, -0.15) is 0 Å². The highest BCUT2D eigenvalue weighted by Gasteiger charge is 2.56. The molecule has 0 N–H and O–H groups in total. The van der Waals surface area contributed by atoms with E-state index < -0.39 is 7.26 Å². The summed E-state index contributed by atoms with van der Waals surface area (Å²) in [6, 6.07) is 24.5. The van der Waals surface area contributed by atoms with E-state index in [4.69, 9.17) is 4.74 Å². The van der Waals surface area contributed by atoms with Crippen LogP contribution in [0.15, 0.2) is 72.8 Å². The predicted molar refractivity (Wildman–Crippen MR) is 116 cm³/mol. The molecule has 0 saturated carbocycles. The van der Waals surface area contributed by atoms with Gasteiger partial charge in [-0.15, -0.1) is 0 Å². The molecule has 0 unspecified atom stereocenters. The molecule has 0 bridgehead atoms. The van der Waals surface area contributed by atoms with Crippen molar-refractivity contribution in [2.75, 3.05) is 6.61 Å². The third-order valence-electron chi connectivity index (χ3n) is 5.22. The van der Waals surface area contributed by atoms with E-state index >= 15 is 0 Å². The first kappa shape index (κ1) is 22.3. The summed E-state index contributed by atoms with van der Waals surface area (Å²) in [5.74, 6) is 0. The van der Waals surface area contributed by atoms with Crippen LogP contribution in [0.25, 0.3) is 0 Å². The Morgan fingerprint density at radius 1 is 0.786 bits per heavy atom. The summed E-state index contributed by atoms with van der Waals surface area (Å²) in [5, 5.41) is 3.14. The molecule has 0 radical (unpaired) electrons. The van der Waals surface area contributed by atoms with Crippen LogP contribution in [0, 0.1) is 20.8 Å². The highest BCUT2D eigenvalue weighted by Crippen LogP contribution is 2.57. The van der Waals surface area contributed by atoms with Crippen LogP contribution in [0.5, 0.6) is 0 Å². The second kappa shape index (κ2) is 9.49. The zero-order chi connectivity index (χ0) is 19.4. The van der Waals surface area contributed by atoms with Crippen LogP contribution >= 0.6 is 7.26 Å². The van der Waals surface area contributed by atoms with Gasteiger partial charge in [0.05, 0.1) is 6.61 Å². The van der Waals surface area contributed by atoms with E-state index in [-0.39, 0.29) is 22.7 Å². The van der Waals surface area contributed by atoms with Gasteiger partial charge in [0.2, 0.25) is 7.26 Å². The number of aryl methyl sites for hydroxylation is 1. The van der Waals surface area contributed by atoms with Crippen molar-refractivity contribution in [1.29, 1.82) is 0 Å². The molecular formula is C24H26BrO2P. The Balaban J connectivity index is 0.00000280. The Morgan fingerprint density at radius 3 is 1.75 bits per heavy atom. The molecule has 0 aromatic heterocycles. The zero-order valence-corrected chi connectivity index (χ0v) is 19.3. The normalized spacial score (nSPS) is 10.9. The fourth-order valence-electron chi connectivity index (χ4n) is 3.57. The first-order valence-corrected chi connectivity index (χ1v) is 11.1. The molecule has 28 heavy (non-hydrogen) atoms. The summed E-state index contributed by atoms with van der Waals surface area (Å²) in [5.41, 5.74) is 3.50. The number of rotatable bonds is 5. The van der Waals surface area contributed by atoms with Crippen LogP contribution in [0.1, 0.15) is 23.6 Å². The Bertz CT molecular complexity index is 900. The second-order valence-electron chi connectivity index (χ2n) is 6.69.